The van der Waals surface area contributed by atoms with Crippen LogP contribution >= 0.6 is 0 Å². The van der Waals surface area contributed by atoms with Crippen LogP contribution in [0.15, 0.2) is 42.5 Å². The summed E-state index contributed by atoms with van der Waals surface area (Å²) in [5.41, 5.74) is 0.760. The van der Waals surface area contributed by atoms with Gasteiger partial charge in [-0.25, -0.2) is 0 Å². The van der Waals surface area contributed by atoms with Gasteiger partial charge in [0, 0.05) is 49.5 Å². The minimum absolute atomic E-state index is 0.00198. The molecule has 9 heteroatoms. The number of hydrogen-bond donors (Lipinski definition) is 1. The fourth-order valence-corrected chi connectivity index (χ4v) is 3.99. The lowest BCUT2D eigenvalue weighted by molar-refractivity contribution is -0.138. The van der Waals surface area contributed by atoms with E-state index in [9.17, 15) is 22.8 Å². The predicted molar refractivity (Wildman–Crippen MR) is 114 cm³/mol. The number of benzene rings is 2. The lowest BCUT2D eigenvalue weighted by atomic mass is 10.0. The molecule has 1 N–H and O–H groups in total. The molecule has 0 bridgehead atoms. The van der Waals surface area contributed by atoms with E-state index in [1.807, 2.05) is 4.90 Å². The second kappa shape index (κ2) is 9.20. The summed E-state index contributed by atoms with van der Waals surface area (Å²) in [6.45, 7) is 2.42. The van der Waals surface area contributed by atoms with E-state index in [4.69, 9.17) is 4.74 Å². The Morgan fingerprint density at radius 3 is 2.31 bits per heavy atom. The van der Waals surface area contributed by atoms with E-state index >= 15 is 0 Å². The van der Waals surface area contributed by atoms with Crippen molar-refractivity contribution in [3.05, 3.63) is 59.2 Å². The van der Waals surface area contributed by atoms with Crippen molar-refractivity contribution in [2.75, 3.05) is 42.6 Å². The minimum Gasteiger partial charge on any atom is -0.378 e. The molecule has 0 atom stereocenters. The van der Waals surface area contributed by atoms with Crippen LogP contribution in [-0.4, -0.2) is 44.7 Å². The van der Waals surface area contributed by atoms with Crippen LogP contribution in [0.25, 0.3) is 0 Å². The quantitative estimate of drug-likeness (QED) is 0.761. The predicted octanol–water partition coefficient (Wildman–Crippen LogP) is 3.60. The molecule has 6 nitrogen and oxygen atoms in total. The molecule has 0 radical (unpaired) electrons. The standard InChI is InChI=1S/C23H24F3N3O3/c24-23(25,26)20-14-19(28-10-12-32-13-11-28)8-5-17(20)15-27-22(31)16-3-6-18(7-4-16)29-9-1-2-21(29)30/h3-8,14H,1-2,9-13,15H2,(H,27,31). The molecule has 0 saturated carbocycles. The zero-order valence-electron chi connectivity index (χ0n) is 17.5. The molecule has 2 aromatic carbocycles. The molecule has 2 fully saturated rings. The van der Waals surface area contributed by atoms with Crippen LogP contribution in [0, 0.1) is 0 Å². The molecule has 2 aliphatic rings. The Morgan fingerprint density at radius 1 is 1.00 bits per heavy atom. The molecule has 170 valence electrons. The highest BCUT2D eigenvalue weighted by molar-refractivity contribution is 5.97. The van der Waals surface area contributed by atoms with E-state index in [1.54, 1.807) is 35.2 Å². The van der Waals surface area contributed by atoms with Crippen LogP contribution in [-0.2, 0) is 22.3 Å². The van der Waals surface area contributed by atoms with Crippen molar-refractivity contribution in [1.29, 1.82) is 0 Å². The number of nitrogens with one attached hydrogen (secondary N) is 1. The number of halogens is 3. The summed E-state index contributed by atoms with van der Waals surface area (Å²) in [6.07, 6.45) is -3.23. The van der Waals surface area contributed by atoms with Crippen molar-refractivity contribution in [2.24, 2.45) is 0 Å². The van der Waals surface area contributed by atoms with E-state index in [-0.39, 0.29) is 18.0 Å². The average molecular weight is 447 g/mol. The number of alkyl halides is 3. The second-order valence-electron chi connectivity index (χ2n) is 7.82. The number of hydrogen-bond acceptors (Lipinski definition) is 4. The maximum absolute atomic E-state index is 13.7. The Labute approximate surface area is 183 Å². The van der Waals surface area contributed by atoms with Crippen LogP contribution in [0.3, 0.4) is 0 Å². The van der Waals surface area contributed by atoms with E-state index in [0.717, 1.165) is 12.5 Å². The van der Waals surface area contributed by atoms with Gasteiger partial charge in [0.1, 0.15) is 0 Å². The molecule has 0 aliphatic carbocycles. The van der Waals surface area contributed by atoms with Gasteiger partial charge in [0.2, 0.25) is 5.91 Å². The van der Waals surface area contributed by atoms with Crippen LogP contribution in [0.2, 0.25) is 0 Å². The number of amides is 2. The van der Waals surface area contributed by atoms with Crippen molar-refractivity contribution < 1.29 is 27.5 Å². The molecule has 0 spiro atoms. The molecule has 4 rings (SSSR count). The first-order chi connectivity index (χ1) is 15.3. The summed E-state index contributed by atoms with van der Waals surface area (Å²) in [5.74, 6) is -0.433. The number of ether oxygens (including phenoxy) is 1. The molecule has 2 saturated heterocycles. The number of carbonyl (C=O) groups is 2. The smallest absolute Gasteiger partial charge is 0.378 e. The first-order valence-corrected chi connectivity index (χ1v) is 10.5. The van der Waals surface area contributed by atoms with E-state index in [0.29, 0.717) is 56.2 Å². The van der Waals surface area contributed by atoms with E-state index in [1.165, 1.54) is 6.07 Å². The average Bonchev–Trinajstić information content (AvgIpc) is 3.23. The SMILES string of the molecule is O=C(NCc1ccc(N2CCOCC2)cc1C(F)(F)F)c1ccc(N2CCCC2=O)cc1. The maximum atomic E-state index is 13.7. The summed E-state index contributed by atoms with van der Waals surface area (Å²) < 4.78 is 46.3. The highest BCUT2D eigenvalue weighted by atomic mass is 19.4. The third-order valence-electron chi connectivity index (χ3n) is 5.73. The van der Waals surface area contributed by atoms with Crippen LogP contribution in [0.1, 0.15) is 34.3 Å². The summed E-state index contributed by atoms with van der Waals surface area (Å²) in [7, 11) is 0. The van der Waals surface area contributed by atoms with E-state index < -0.39 is 17.6 Å². The van der Waals surface area contributed by atoms with Gasteiger partial charge in [0.05, 0.1) is 18.8 Å². The second-order valence-corrected chi connectivity index (χ2v) is 7.82. The van der Waals surface area contributed by atoms with Crippen molar-refractivity contribution in [2.45, 2.75) is 25.6 Å². The zero-order chi connectivity index (χ0) is 22.7. The van der Waals surface area contributed by atoms with Gasteiger partial charge in [-0.2, -0.15) is 13.2 Å². The lowest BCUT2D eigenvalue weighted by Crippen LogP contribution is -2.36. The fraction of sp³-hybridized carbons (Fsp3) is 0.391. The van der Waals surface area contributed by atoms with Gasteiger partial charge in [-0.15, -0.1) is 0 Å². The molecule has 2 amide bonds. The summed E-state index contributed by atoms with van der Waals surface area (Å²) in [4.78, 5) is 27.8. The first-order valence-electron chi connectivity index (χ1n) is 10.5. The van der Waals surface area contributed by atoms with Gasteiger partial charge in [-0.1, -0.05) is 6.07 Å². The Hall–Kier alpha value is -3.07. The Morgan fingerprint density at radius 2 is 1.69 bits per heavy atom. The first kappa shape index (κ1) is 22.1. The zero-order valence-corrected chi connectivity index (χ0v) is 17.5. The molecule has 2 aromatic rings. The lowest BCUT2D eigenvalue weighted by Gasteiger charge is -2.29. The normalized spacial score (nSPS) is 17.0. The Bertz CT molecular complexity index is 986. The van der Waals surface area contributed by atoms with Gasteiger partial charge >= 0.3 is 6.18 Å². The molecule has 0 unspecified atom stereocenters. The Balaban J connectivity index is 1.45. The van der Waals surface area contributed by atoms with Gasteiger partial charge in [0.25, 0.3) is 5.91 Å². The van der Waals surface area contributed by atoms with Gasteiger partial charge in [0.15, 0.2) is 0 Å². The van der Waals surface area contributed by atoms with Crippen molar-refractivity contribution in [1.82, 2.24) is 5.32 Å². The molecule has 32 heavy (non-hydrogen) atoms. The summed E-state index contributed by atoms with van der Waals surface area (Å²) in [5, 5.41) is 2.57. The molecular formula is C23H24F3N3O3. The third kappa shape index (κ3) is 4.88. The van der Waals surface area contributed by atoms with E-state index in [2.05, 4.69) is 5.32 Å². The number of nitrogens with zero attached hydrogens (tertiary/aromatic N) is 2. The monoisotopic (exact) mass is 447 g/mol. The Kier molecular flexibility index (Phi) is 6.36. The largest absolute Gasteiger partial charge is 0.416 e. The number of carbonyl (C=O) groups excluding carboxylic acids is 2. The van der Waals surface area contributed by atoms with Crippen LogP contribution in [0.4, 0.5) is 24.5 Å². The maximum Gasteiger partial charge on any atom is 0.416 e. The van der Waals surface area contributed by atoms with Crippen LogP contribution in [0.5, 0.6) is 0 Å². The van der Waals surface area contributed by atoms with Gasteiger partial charge in [-0.3, -0.25) is 9.59 Å². The highest BCUT2D eigenvalue weighted by Gasteiger charge is 2.34. The molecule has 2 aliphatic heterocycles. The third-order valence-corrected chi connectivity index (χ3v) is 5.73. The topological polar surface area (TPSA) is 61.9 Å². The minimum atomic E-state index is -4.54. The molecule has 0 aromatic heterocycles. The number of morpholine rings is 1. The van der Waals surface area contributed by atoms with Gasteiger partial charge in [-0.05, 0) is 48.4 Å². The molecule has 2 heterocycles. The van der Waals surface area contributed by atoms with Crippen molar-refractivity contribution >= 4 is 23.2 Å². The highest BCUT2D eigenvalue weighted by Crippen LogP contribution is 2.35. The number of anilines is 2. The summed E-state index contributed by atoms with van der Waals surface area (Å²) >= 11 is 0. The van der Waals surface area contributed by atoms with Crippen molar-refractivity contribution in [3.63, 3.8) is 0 Å². The van der Waals surface area contributed by atoms with Crippen molar-refractivity contribution in [3.8, 4) is 0 Å². The fourth-order valence-electron chi connectivity index (χ4n) is 3.99. The van der Waals surface area contributed by atoms with Gasteiger partial charge < -0.3 is 19.9 Å². The van der Waals surface area contributed by atoms with Crippen LogP contribution < -0.4 is 15.1 Å². The molecular weight excluding hydrogens is 423 g/mol. The number of rotatable bonds is 5. The summed E-state index contributed by atoms with van der Waals surface area (Å²) in [6, 6.07) is 10.7.